The van der Waals surface area contributed by atoms with E-state index in [1.54, 1.807) is 154 Å². The van der Waals surface area contributed by atoms with Gasteiger partial charge in [-0.15, -0.1) is 0 Å². The average molecular weight is 851 g/mol. The molecule has 290 valence electrons. The smallest absolute Gasteiger partial charge is 0.307 e. The van der Waals surface area contributed by atoms with Crippen LogP contribution in [0.25, 0.3) is 0 Å². The molecule has 0 aromatic carbocycles. The number of carbonyl (C=O) groups excluding carboxylic acids is 1. The third kappa shape index (κ3) is 16.6. The van der Waals surface area contributed by atoms with Gasteiger partial charge in [0.2, 0.25) is 0 Å². The fourth-order valence-corrected chi connectivity index (χ4v) is 20.1. The zero-order valence-electron chi connectivity index (χ0n) is 32.1. The first-order chi connectivity index (χ1) is 23.6. The van der Waals surface area contributed by atoms with Crippen molar-refractivity contribution in [2.75, 3.05) is 21.3 Å². The van der Waals surface area contributed by atoms with Gasteiger partial charge in [-0.05, 0) is 111 Å². The molecular formula is C40H77ClO4P3Ru+. The molecule has 0 radical (unpaired) electrons. The number of rotatable bonds is 9. The molecule has 0 aliphatic heterocycles. The Labute approximate surface area is 325 Å². The Hall–Kier alpha value is 1.75. The van der Waals surface area contributed by atoms with Crippen LogP contribution in [0.2, 0.25) is 0 Å². The monoisotopic (exact) mass is 851 g/mol. The van der Waals surface area contributed by atoms with Gasteiger partial charge in [-0.2, -0.15) is 13.6 Å². The average Bonchev–Trinajstić information content (AvgIpc) is 3.19. The van der Waals surface area contributed by atoms with Crippen molar-refractivity contribution >= 4 is 41.2 Å². The van der Waals surface area contributed by atoms with Crippen molar-refractivity contribution in [3.05, 3.63) is 0 Å². The van der Waals surface area contributed by atoms with Crippen LogP contribution in [0.3, 0.4) is 0 Å². The molecule has 0 atom stereocenters. The zero-order chi connectivity index (χ0) is 34.5. The van der Waals surface area contributed by atoms with Gasteiger partial charge in [-0.3, -0.25) is 0 Å². The molecule has 0 aromatic rings. The van der Waals surface area contributed by atoms with Crippen LogP contribution in [-0.4, -0.2) is 62.1 Å². The minimum Gasteiger partial charge on any atom is -0.307 e. The standard InChI is InChI=1S/2C18H33P.C3H9ClO3P.CH2O.Ru/c2*1-4-10-16(11-5-1)19(17-12-6-2-7-13-17)18-14-8-3-9-15-18;1-5-8(4,6-2)7-3;1-2;/h2*16-18H,1-15H2;1-3H3;1H2;/q;;+1;;. The third-order valence-corrected chi connectivity index (χ3v) is 23.3. The summed E-state index contributed by atoms with van der Waals surface area (Å²) in [5.74, 6) is 0. The second kappa shape index (κ2) is 28.2. The van der Waals surface area contributed by atoms with Gasteiger partial charge >= 0.3 is 7.30 Å². The van der Waals surface area contributed by atoms with E-state index in [0.717, 1.165) is 0 Å². The predicted octanol–water partition coefficient (Wildman–Crippen LogP) is 14.6. The summed E-state index contributed by atoms with van der Waals surface area (Å²) >= 11 is 5.54. The van der Waals surface area contributed by atoms with Gasteiger partial charge in [0.25, 0.3) is 0 Å². The van der Waals surface area contributed by atoms with Crippen molar-refractivity contribution in [1.29, 1.82) is 0 Å². The van der Waals surface area contributed by atoms with Crippen molar-refractivity contribution in [3.63, 3.8) is 0 Å². The van der Waals surface area contributed by atoms with E-state index in [0.29, 0.717) is 15.8 Å². The first-order valence-corrected chi connectivity index (χ1v) is 26.2. The van der Waals surface area contributed by atoms with Crippen LogP contribution >= 0.6 is 34.4 Å². The second-order valence-electron chi connectivity index (χ2n) is 15.6. The molecule has 0 N–H and O–H groups in total. The summed E-state index contributed by atoms with van der Waals surface area (Å²) in [4.78, 5) is 8.00. The van der Waals surface area contributed by atoms with Gasteiger partial charge < -0.3 is 4.79 Å². The van der Waals surface area contributed by atoms with Crippen LogP contribution in [0.4, 0.5) is 0 Å². The number of hydrogen-bond acceptors (Lipinski definition) is 4. The van der Waals surface area contributed by atoms with Gasteiger partial charge in [-0.1, -0.05) is 131 Å². The largest absolute Gasteiger partial charge is 0.523 e. The van der Waals surface area contributed by atoms with Gasteiger partial charge in [0.1, 0.15) is 6.79 Å². The number of halogens is 1. The van der Waals surface area contributed by atoms with E-state index in [1.165, 1.54) is 93.8 Å². The Balaban J connectivity index is 0.000000265. The minimum absolute atomic E-state index is 0. The van der Waals surface area contributed by atoms with Gasteiger partial charge in [0.05, 0.1) is 21.3 Å². The van der Waals surface area contributed by atoms with Crippen LogP contribution in [-0.2, 0) is 37.8 Å². The van der Waals surface area contributed by atoms with Gasteiger partial charge in [-0.25, -0.2) is 0 Å². The first-order valence-electron chi connectivity index (χ1n) is 20.7. The molecule has 0 amide bonds. The Morgan fingerprint density at radius 2 is 0.531 bits per heavy atom. The molecular weight excluding hydrogens is 774 g/mol. The summed E-state index contributed by atoms with van der Waals surface area (Å²) in [5.41, 5.74) is 7.14. The molecule has 6 rings (SSSR count). The summed E-state index contributed by atoms with van der Waals surface area (Å²) in [6.07, 6.45) is 47.2. The van der Waals surface area contributed by atoms with Gasteiger partial charge in [0.15, 0.2) is 11.2 Å². The fourth-order valence-electron chi connectivity index (χ4n) is 10.3. The molecule has 0 heterocycles. The summed E-state index contributed by atoms with van der Waals surface area (Å²) < 4.78 is 14.0. The molecule has 6 saturated carbocycles. The molecule has 49 heavy (non-hydrogen) atoms. The molecule has 0 aromatic heterocycles. The van der Waals surface area contributed by atoms with E-state index in [1.807, 2.05) is 6.79 Å². The van der Waals surface area contributed by atoms with Crippen LogP contribution in [0.5, 0.6) is 0 Å². The van der Waals surface area contributed by atoms with Crippen molar-refractivity contribution < 1.29 is 37.8 Å². The molecule has 4 nitrogen and oxygen atoms in total. The van der Waals surface area contributed by atoms with Crippen LogP contribution in [0.15, 0.2) is 0 Å². The van der Waals surface area contributed by atoms with Crippen LogP contribution < -0.4 is 0 Å². The second-order valence-corrected chi connectivity index (χ2v) is 25.0. The molecule has 9 heteroatoms. The SMILES string of the molecule is C1CCC(P(C2CCCCC2)C2CCCCC2)CC1.C1CCC(P(C2CCCCC2)C2CCCCC2)CC1.C=O.CO[P+](Cl)(OC)OC.[Ru]. The third-order valence-electron chi connectivity index (χ3n) is 12.6. The molecule has 0 saturated heterocycles. The molecule has 6 fully saturated rings. The maximum Gasteiger partial charge on any atom is 0.523 e. The number of carbonyl (C=O) groups is 1. The fraction of sp³-hybridized carbons (Fsp3) is 0.975. The Morgan fingerprint density at radius 1 is 0.388 bits per heavy atom. The Bertz CT molecular complexity index is 628. The van der Waals surface area contributed by atoms with Crippen molar-refractivity contribution in [3.8, 4) is 0 Å². The van der Waals surface area contributed by atoms with Crippen molar-refractivity contribution in [1.82, 2.24) is 0 Å². The minimum atomic E-state index is -2.44. The van der Waals surface area contributed by atoms with E-state index < -0.39 is 7.30 Å². The predicted molar refractivity (Wildman–Crippen MR) is 216 cm³/mol. The van der Waals surface area contributed by atoms with Crippen molar-refractivity contribution in [2.45, 2.75) is 227 Å². The summed E-state index contributed by atoms with van der Waals surface area (Å²) in [5, 5.41) is 0. The topological polar surface area (TPSA) is 44.8 Å². The van der Waals surface area contributed by atoms with Crippen LogP contribution in [0, 0.1) is 0 Å². The van der Waals surface area contributed by atoms with Crippen LogP contribution in [0.1, 0.15) is 193 Å². The Kier molecular flexibility index (Phi) is 27.0. The molecule has 0 spiro atoms. The number of hydrogen-bond donors (Lipinski definition) is 0. The molecule has 0 bridgehead atoms. The maximum absolute atomic E-state index is 8.00. The summed E-state index contributed by atoms with van der Waals surface area (Å²) in [6.45, 7) is 2.00. The maximum atomic E-state index is 8.00. The van der Waals surface area contributed by atoms with E-state index in [9.17, 15) is 0 Å². The van der Waals surface area contributed by atoms with E-state index in [2.05, 4.69) is 13.6 Å². The molecule has 6 aliphatic carbocycles. The zero-order valence-corrected chi connectivity index (χ0v) is 37.3. The van der Waals surface area contributed by atoms with Gasteiger partial charge in [0, 0.05) is 19.5 Å². The quantitative estimate of drug-likeness (QED) is 0.171. The molecule has 6 aliphatic rings. The van der Waals surface area contributed by atoms with E-state index in [4.69, 9.17) is 16.0 Å². The summed E-state index contributed by atoms with van der Waals surface area (Å²) in [7, 11) is 2.64. The van der Waals surface area contributed by atoms with E-state index >= 15 is 0 Å². The summed E-state index contributed by atoms with van der Waals surface area (Å²) in [6, 6.07) is 0. The normalized spacial score (nSPS) is 24.4. The Morgan fingerprint density at radius 3 is 0.633 bits per heavy atom. The molecule has 0 unspecified atom stereocenters. The first kappa shape index (κ1) is 46.9. The van der Waals surface area contributed by atoms with Crippen molar-refractivity contribution in [2.24, 2.45) is 0 Å². The van der Waals surface area contributed by atoms with E-state index in [-0.39, 0.29) is 19.5 Å².